The fourth-order valence-electron chi connectivity index (χ4n) is 1.71. The minimum atomic E-state index is -1.11. The molecule has 1 N–H and O–H groups in total. The first-order valence-electron chi connectivity index (χ1n) is 6.10. The van der Waals surface area contributed by atoms with E-state index in [9.17, 15) is 4.79 Å². The van der Waals surface area contributed by atoms with Crippen molar-refractivity contribution in [1.82, 2.24) is 20.1 Å². The van der Waals surface area contributed by atoms with Crippen molar-refractivity contribution in [3.8, 4) is 5.69 Å². The maximum Gasteiger partial charge on any atom is 0.221 e. The molecule has 2 rings (SSSR count). The van der Waals surface area contributed by atoms with Crippen LogP contribution in [0.1, 0.15) is 25.8 Å². The lowest BCUT2D eigenvalue weighted by atomic mass is 10.2. The van der Waals surface area contributed by atoms with Crippen LogP contribution in [0.15, 0.2) is 30.7 Å². The molecule has 0 bridgehead atoms. The van der Waals surface area contributed by atoms with Crippen LogP contribution in [0.2, 0.25) is 5.15 Å². The topological polar surface area (TPSA) is 59.8 Å². The number of carbonyl (C=O) groups is 1. The smallest absolute Gasteiger partial charge is 0.221 e. The Bertz CT molecular complexity index is 610. The summed E-state index contributed by atoms with van der Waals surface area (Å²) in [6.07, 6.45) is 5.35. The molecule has 0 fully saturated rings. The summed E-state index contributed by atoms with van der Waals surface area (Å²) >= 11 is 12.5. The molecule has 2 aromatic heterocycles. The van der Waals surface area contributed by atoms with E-state index in [1.54, 1.807) is 43.2 Å². The van der Waals surface area contributed by atoms with Crippen molar-refractivity contribution in [2.45, 2.75) is 25.3 Å². The van der Waals surface area contributed by atoms with Crippen LogP contribution in [0.3, 0.4) is 0 Å². The second-order valence-electron chi connectivity index (χ2n) is 4.39. The molecule has 1 amide bonds. The fraction of sp³-hybridized carbons (Fsp3) is 0.308. The van der Waals surface area contributed by atoms with Gasteiger partial charge in [0, 0.05) is 24.4 Å². The molecule has 0 aromatic carbocycles. The number of rotatable bonds is 4. The van der Waals surface area contributed by atoms with Crippen molar-refractivity contribution in [3.05, 3.63) is 41.4 Å². The third-order valence-corrected chi connectivity index (χ3v) is 3.36. The molecule has 0 aliphatic rings. The average Bonchev–Trinajstić information content (AvgIpc) is 2.82. The lowest BCUT2D eigenvalue weighted by Gasteiger charge is -2.22. The summed E-state index contributed by atoms with van der Waals surface area (Å²) in [6, 6.07) is 3.64. The van der Waals surface area contributed by atoms with Crippen molar-refractivity contribution in [2.24, 2.45) is 0 Å². The van der Waals surface area contributed by atoms with Crippen LogP contribution in [0.25, 0.3) is 5.69 Å². The number of amides is 1. The van der Waals surface area contributed by atoms with Crippen LogP contribution in [0.5, 0.6) is 0 Å². The van der Waals surface area contributed by atoms with Crippen molar-refractivity contribution >= 4 is 29.1 Å². The lowest BCUT2D eigenvalue weighted by Crippen LogP contribution is -2.38. The van der Waals surface area contributed by atoms with E-state index in [2.05, 4.69) is 15.4 Å². The van der Waals surface area contributed by atoms with Gasteiger partial charge in [-0.05, 0) is 19.1 Å². The maximum absolute atomic E-state index is 11.5. The molecule has 1 atom stereocenters. The zero-order valence-corrected chi connectivity index (χ0v) is 12.6. The number of halogens is 2. The molecule has 2 heterocycles. The molecule has 5 nitrogen and oxygen atoms in total. The Kier molecular flexibility index (Phi) is 4.30. The van der Waals surface area contributed by atoms with Gasteiger partial charge in [0.25, 0.3) is 0 Å². The molecule has 20 heavy (non-hydrogen) atoms. The van der Waals surface area contributed by atoms with Gasteiger partial charge in [0.15, 0.2) is 5.15 Å². The van der Waals surface area contributed by atoms with Crippen LogP contribution in [-0.2, 0) is 9.79 Å². The number of pyridine rings is 1. The number of nitrogens with zero attached hydrogens (tertiary/aromatic N) is 3. The van der Waals surface area contributed by atoms with Gasteiger partial charge in [-0.1, -0.05) is 30.1 Å². The number of hydrogen-bond donors (Lipinski definition) is 1. The molecular weight excluding hydrogens is 299 g/mol. The first kappa shape index (κ1) is 14.8. The Morgan fingerprint density at radius 2 is 2.30 bits per heavy atom. The SMILES string of the molecule is CCC(=O)NC(C)(Cl)c1cn(-c2cccnc2)nc1Cl. The first-order chi connectivity index (χ1) is 9.44. The van der Waals surface area contributed by atoms with Gasteiger partial charge in [0.1, 0.15) is 5.00 Å². The molecule has 0 aliphatic heterocycles. The van der Waals surface area contributed by atoms with Crippen molar-refractivity contribution in [2.75, 3.05) is 0 Å². The fourth-order valence-corrected chi connectivity index (χ4v) is 2.32. The second kappa shape index (κ2) is 5.81. The van der Waals surface area contributed by atoms with Gasteiger partial charge >= 0.3 is 0 Å². The van der Waals surface area contributed by atoms with Crippen LogP contribution >= 0.6 is 23.2 Å². The Morgan fingerprint density at radius 3 is 2.90 bits per heavy atom. The summed E-state index contributed by atoms with van der Waals surface area (Å²) in [5, 5.41) is 7.13. The summed E-state index contributed by atoms with van der Waals surface area (Å²) in [4.78, 5) is 14.4. The van der Waals surface area contributed by atoms with Crippen molar-refractivity contribution in [3.63, 3.8) is 0 Å². The van der Waals surface area contributed by atoms with Gasteiger partial charge in [-0.15, -0.1) is 0 Å². The molecular formula is C13H14Cl2N4O. The summed E-state index contributed by atoms with van der Waals surface area (Å²) in [6.45, 7) is 3.42. The molecule has 0 saturated heterocycles. The van der Waals surface area contributed by atoms with Gasteiger partial charge in [-0.2, -0.15) is 5.10 Å². The molecule has 0 saturated carbocycles. The van der Waals surface area contributed by atoms with E-state index in [4.69, 9.17) is 23.2 Å². The number of aromatic nitrogens is 3. The maximum atomic E-state index is 11.5. The Labute approximate surface area is 126 Å². The van der Waals surface area contributed by atoms with E-state index >= 15 is 0 Å². The highest BCUT2D eigenvalue weighted by Gasteiger charge is 2.30. The third kappa shape index (κ3) is 3.11. The number of alkyl halides is 1. The molecule has 106 valence electrons. The molecule has 0 spiro atoms. The molecule has 0 aliphatic carbocycles. The van der Waals surface area contributed by atoms with Crippen LogP contribution in [0, 0.1) is 0 Å². The number of carbonyl (C=O) groups excluding carboxylic acids is 1. The van der Waals surface area contributed by atoms with Crippen molar-refractivity contribution < 1.29 is 4.79 Å². The Balaban J connectivity index is 2.34. The highest BCUT2D eigenvalue weighted by atomic mass is 35.5. The summed E-state index contributed by atoms with van der Waals surface area (Å²) in [5.74, 6) is -0.160. The van der Waals surface area contributed by atoms with Crippen molar-refractivity contribution in [1.29, 1.82) is 0 Å². The lowest BCUT2D eigenvalue weighted by molar-refractivity contribution is -0.121. The second-order valence-corrected chi connectivity index (χ2v) is 5.51. The van der Waals surface area contributed by atoms with Gasteiger partial charge in [0.2, 0.25) is 5.91 Å². The minimum Gasteiger partial charge on any atom is -0.334 e. The average molecular weight is 313 g/mol. The molecule has 2 aromatic rings. The predicted octanol–water partition coefficient (Wildman–Crippen LogP) is 2.86. The Hall–Kier alpha value is -1.59. The van der Waals surface area contributed by atoms with E-state index in [-0.39, 0.29) is 11.1 Å². The minimum absolute atomic E-state index is 0.160. The zero-order chi connectivity index (χ0) is 14.8. The van der Waals surface area contributed by atoms with E-state index in [1.165, 1.54) is 0 Å². The standard InChI is InChI=1S/C13H14Cl2N4O/c1-3-11(20)17-13(2,15)10-8-19(18-12(10)14)9-5-4-6-16-7-9/h4-8H,3H2,1-2H3,(H,17,20). The normalized spacial score (nSPS) is 13.8. The number of nitrogens with one attached hydrogen (secondary N) is 1. The first-order valence-corrected chi connectivity index (χ1v) is 6.85. The van der Waals surface area contributed by atoms with E-state index in [1.807, 2.05) is 6.07 Å². The van der Waals surface area contributed by atoms with Gasteiger partial charge in [0.05, 0.1) is 11.9 Å². The monoisotopic (exact) mass is 312 g/mol. The van der Waals surface area contributed by atoms with Gasteiger partial charge in [-0.25, -0.2) is 4.68 Å². The Morgan fingerprint density at radius 1 is 1.55 bits per heavy atom. The van der Waals surface area contributed by atoms with E-state index < -0.39 is 5.00 Å². The summed E-state index contributed by atoms with van der Waals surface area (Å²) < 4.78 is 1.57. The van der Waals surface area contributed by atoms with Gasteiger partial charge < -0.3 is 5.32 Å². The van der Waals surface area contributed by atoms with Gasteiger partial charge in [-0.3, -0.25) is 9.78 Å². The third-order valence-electron chi connectivity index (χ3n) is 2.78. The van der Waals surface area contributed by atoms with Crippen LogP contribution in [-0.4, -0.2) is 20.7 Å². The molecule has 1 unspecified atom stereocenters. The molecule has 7 heteroatoms. The highest BCUT2D eigenvalue weighted by molar-refractivity contribution is 6.32. The summed E-state index contributed by atoms with van der Waals surface area (Å²) in [5.41, 5.74) is 1.29. The predicted molar refractivity (Wildman–Crippen MR) is 78.0 cm³/mol. The van der Waals surface area contributed by atoms with E-state index in [0.717, 1.165) is 5.69 Å². The largest absolute Gasteiger partial charge is 0.334 e. The van der Waals surface area contributed by atoms with E-state index in [0.29, 0.717) is 12.0 Å². The summed E-state index contributed by atoms with van der Waals surface area (Å²) in [7, 11) is 0. The quantitative estimate of drug-likeness (QED) is 0.697. The van der Waals surface area contributed by atoms with Crippen LogP contribution in [0.4, 0.5) is 0 Å². The molecule has 0 radical (unpaired) electrons. The zero-order valence-electron chi connectivity index (χ0n) is 11.1. The number of hydrogen-bond acceptors (Lipinski definition) is 3. The highest BCUT2D eigenvalue weighted by Crippen LogP contribution is 2.31. The van der Waals surface area contributed by atoms with Crippen LogP contribution < -0.4 is 5.32 Å².